The van der Waals surface area contributed by atoms with Crippen LogP contribution >= 0.6 is 22.6 Å². The molecule has 3 aliphatic rings. The number of halogens is 1. The van der Waals surface area contributed by atoms with E-state index in [4.69, 9.17) is 9.84 Å². The molecule has 0 bridgehead atoms. The van der Waals surface area contributed by atoms with Crippen molar-refractivity contribution < 1.29 is 24.5 Å². The van der Waals surface area contributed by atoms with Crippen molar-refractivity contribution in [2.24, 2.45) is 11.8 Å². The van der Waals surface area contributed by atoms with E-state index < -0.39 is 18.2 Å². The van der Waals surface area contributed by atoms with Gasteiger partial charge >= 0.3 is 0 Å². The van der Waals surface area contributed by atoms with Gasteiger partial charge in [-0.1, -0.05) is 25.0 Å². The van der Waals surface area contributed by atoms with E-state index in [1.165, 1.54) is 12.8 Å². The fourth-order valence-electron chi connectivity index (χ4n) is 5.05. The first-order valence-corrected chi connectivity index (χ1v) is 13.5. The van der Waals surface area contributed by atoms with E-state index in [1.54, 1.807) is 6.08 Å². The summed E-state index contributed by atoms with van der Waals surface area (Å²) in [5.74, 6) is 1.29. The molecule has 3 aliphatic carbocycles. The number of para-hydroxylation sites is 1. The van der Waals surface area contributed by atoms with Gasteiger partial charge in [-0.25, -0.2) is 0 Å². The molecule has 2 saturated carbocycles. The van der Waals surface area contributed by atoms with Gasteiger partial charge in [0.15, 0.2) is 0 Å². The summed E-state index contributed by atoms with van der Waals surface area (Å²) in [5.41, 5.74) is 0.481. The number of aliphatic hydroxyl groups excluding tert-OH is 2. The summed E-state index contributed by atoms with van der Waals surface area (Å²) >= 11 is 2.18. The third-order valence-electron chi connectivity index (χ3n) is 7.12. The molecule has 3 atom stereocenters. The summed E-state index contributed by atoms with van der Waals surface area (Å²) < 4.78 is 7.10. The molecule has 0 aliphatic heterocycles. The maximum absolute atomic E-state index is 13.5. The number of aliphatic hydroxyl groups is 2. The third kappa shape index (κ3) is 6.51. The summed E-state index contributed by atoms with van der Waals surface area (Å²) in [6.45, 7) is 0.618. The molecule has 1 aromatic rings. The van der Waals surface area contributed by atoms with Crippen molar-refractivity contribution in [1.29, 1.82) is 0 Å². The first kappa shape index (κ1) is 25.4. The highest BCUT2D eigenvalue weighted by Crippen LogP contribution is 2.36. The SMILES string of the molecule is O=C(NCCO)C1=CC(Oc2ccccc2I)C(O)C(N(CC2CC2)C(=O)CC2CCCC2)C1. The maximum atomic E-state index is 13.5. The van der Waals surface area contributed by atoms with E-state index >= 15 is 0 Å². The Bertz CT molecular complexity index is 897. The van der Waals surface area contributed by atoms with Crippen LogP contribution in [0.5, 0.6) is 5.75 Å². The fourth-order valence-corrected chi connectivity index (χ4v) is 5.56. The number of benzene rings is 1. The minimum absolute atomic E-state index is 0.0768. The Kier molecular flexibility index (Phi) is 8.87. The molecule has 1 aromatic carbocycles. The topological polar surface area (TPSA) is 99.1 Å². The van der Waals surface area contributed by atoms with E-state index in [0.717, 1.165) is 29.3 Å². The van der Waals surface area contributed by atoms with E-state index in [1.807, 2.05) is 29.2 Å². The van der Waals surface area contributed by atoms with Crippen molar-refractivity contribution in [1.82, 2.24) is 10.2 Å². The largest absolute Gasteiger partial charge is 0.482 e. The van der Waals surface area contributed by atoms with Gasteiger partial charge in [0.05, 0.1) is 16.2 Å². The summed E-state index contributed by atoms with van der Waals surface area (Å²) in [4.78, 5) is 28.2. The van der Waals surface area contributed by atoms with Crippen molar-refractivity contribution in [2.75, 3.05) is 19.7 Å². The second kappa shape index (κ2) is 11.9. The minimum Gasteiger partial charge on any atom is -0.482 e. The Hall–Kier alpha value is -1.65. The molecule has 3 N–H and O–H groups in total. The Balaban J connectivity index is 1.59. The third-order valence-corrected chi connectivity index (χ3v) is 8.02. The van der Waals surface area contributed by atoms with Gasteiger partial charge < -0.3 is 25.2 Å². The smallest absolute Gasteiger partial charge is 0.247 e. The van der Waals surface area contributed by atoms with E-state index in [2.05, 4.69) is 27.9 Å². The molecular weight excluding hydrogens is 547 g/mol. The molecule has 0 radical (unpaired) electrons. The minimum atomic E-state index is -0.948. The van der Waals surface area contributed by atoms with Gasteiger partial charge in [0.2, 0.25) is 11.8 Å². The molecule has 3 unspecified atom stereocenters. The molecule has 34 heavy (non-hydrogen) atoms. The van der Waals surface area contributed by atoms with Crippen LogP contribution in [0.3, 0.4) is 0 Å². The lowest BCUT2D eigenvalue weighted by Crippen LogP contribution is -2.55. The van der Waals surface area contributed by atoms with Crippen LogP contribution < -0.4 is 10.1 Å². The van der Waals surface area contributed by atoms with Crippen LogP contribution in [0.25, 0.3) is 0 Å². The predicted molar refractivity (Wildman–Crippen MR) is 137 cm³/mol. The lowest BCUT2D eigenvalue weighted by molar-refractivity contribution is -0.140. The molecule has 8 heteroatoms. The summed E-state index contributed by atoms with van der Waals surface area (Å²) in [5, 5.41) is 23.3. The highest BCUT2D eigenvalue weighted by atomic mass is 127. The number of ether oxygens (including phenoxy) is 1. The predicted octanol–water partition coefficient (Wildman–Crippen LogP) is 3.03. The number of rotatable bonds is 10. The zero-order valence-corrected chi connectivity index (χ0v) is 21.7. The molecule has 4 rings (SSSR count). The van der Waals surface area contributed by atoms with E-state index in [0.29, 0.717) is 36.1 Å². The molecule has 0 aromatic heterocycles. The number of hydrogen-bond donors (Lipinski definition) is 3. The Morgan fingerprint density at radius 3 is 2.53 bits per heavy atom. The van der Waals surface area contributed by atoms with Crippen LogP contribution in [0.2, 0.25) is 0 Å². The number of carbonyl (C=O) groups excluding carboxylic acids is 2. The van der Waals surface area contributed by atoms with Gasteiger partial charge in [0.1, 0.15) is 18.0 Å². The normalized spacial score (nSPS) is 25.0. The summed E-state index contributed by atoms with van der Waals surface area (Å²) in [6, 6.07) is 7.02. The van der Waals surface area contributed by atoms with Crippen molar-refractivity contribution >= 4 is 34.4 Å². The van der Waals surface area contributed by atoms with Gasteiger partial charge in [0, 0.05) is 31.5 Å². The van der Waals surface area contributed by atoms with Crippen molar-refractivity contribution in [3.05, 3.63) is 39.5 Å². The Morgan fingerprint density at radius 2 is 1.85 bits per heavy atom. The number of nitrogens with zero attached hydrogens (tertiary/aromatic N) is 1. The van der Waals surface area contributed by atoms with Crippen LogP contribution in [-0.4, -0.2) is 64.9 Å². The number of nitrogens with one attached hydrogen (secondary N) is 1. The maximum Gasteiger partial charge on any atom is 0.247 e. The van der Waals surface area contributed by atoms with Crippen molar-refractivity contribution in [3.63, 3.8) is 0 Å². The Labute approximate surface area is 215 Å². The molecule has 186 valence electrons. The monoisotopic (exact) mass is 582 g/mol. The van der Waals surface area contributed by atoms with Crippen LogP contribution in [-0.2, 0) is 9.59 Å². The second-order valence-corrected chi connectivity index (χ2v) is 11.0. The summed E-state index contributed by atoms with van der Waals surface area (Å²) in [6.07, 6.45) is 7.46. The number of amides is 2. The van der Waals surface area contributed by atoms with E-state index in [9.17, 15) is 14.7 Å². The van der Waals surface area contributed by atoms with Crippen molar-refractivity contribution in [3.8, 4) is 5.75 Å². The molecule has 0 saturated heterocycles. The van der Waals surface area contributed by atoms with Gasteiger partial charge in [-0.05, 0) is 78.3 Å². The van der Waals surface area contributed by atoms with Crippen LogP contribution in [0.15, 0.2) is 35.9 Å². The molecular formula is C26H35IN2O5. The quantitative estimate of drug-likeness (QED) is 0.369. The van der Waals surface area contributed by atoms with Crippen LogP contribution in [0, 0.1) is 15.4 Å². The van der Waals surface area contributed by atoms with E-state index in [-0.39, 0.29) is 31.4 Å². The standard InChI is InChI=1S/C26H35IN2O5/c27-20-7-3-4-8-22(20)34-23-15-19(26(33)28-11-12-30)14-21(25(23)32)29(16-18-9-10-18)24(31)13-17-5-1-2-6-17/h3-4,7-8,15,17-18,21,23,25,30,32H,1-2,5-6,9-14,16H2,(H,28,33). The van der Waals surface area contributed by atoms with Crippen molar-refractivity contribution in [2.45, 2.75) is 69.6 Å². The molecule has 0 spiro atoms. The average Bonchev–Trinajstić information content (AvgIpc) is 3.51. The second-order valence-electron chi connectivity index (χ2n) is 9.79. The number of hydrogen-bond acceptors (Lipinski definition) is 5. The molecule has 2 amide bonds. The average molecular weight is 582 g/mol. The zero-order chi connectivity index (χ0) is 24.1. The van der Waals surface area contributed by atoms with Crippen LogP contribution in [0.1, 0.15) is 51.4 Å². The first-order chi connectivity index (χ1) is 16.5. The first-order valence-electron chi connectivity index (χ1n) is 12.4. The summed E-state index contributed by atoms with van der Waals surface area (Å²) in [7, 11) is 0. The van der Waals surface area contributed by atoms with Crippen LogP contribution in [0.4, 0.5) is 0 Å². The fraction of sp³-hybridized carbons (Fsp3) is 0.615. The molecule has 7 nitrogen and oxygen atoms in total. The highest BCUT2D eigenvalue weighted by molar-refractivity contribution is 14.1. The highest BCUT2D eigenvalue weighted by Gasteiger charge is 2.42. The zero-order valence-electron chi connectivity index (χ0n) is 19.5. The van der Waals surface area contributed by atoms with Gasteiger partial charge in [0.25, 0.3) is 0 Å². The molecule has 2 fully saturated rings. The van der Waals surface area contributed by atoms with Gasteiger partial charge in [-0.3, -0.25) is 9.59 Å². The number of carbonyl (C=O) groups is 2. The Morgan fingerprint density at radius 1 is 1.12 bits per heavy atom. The molecule has 0 heterocycles. The van der Waals surface area contributed by atoms with Gasteiger partial charge in [-0.2, -0.15) is 0 Å². The lowest BCUT2D eigenvalue weighted by atomic mass is 9.87. The lowest BCUT2D eigenvalue weighted by Gasteiger charge is -2.41. The van der Waals surface area contributed by atoms with Gasteiger partial charge in [-0.15, -0.1) is 0 Å².